The minimum Gasteiger partial charge on any atom is -0.375 e. The van der Waals surface area contributed by atoms with Gasteiger partial charge >= 0.3 is 6.18 Å². The van der Waals surface area contributed by atoms with Crippen molar-refractivity contribution in [3.63, 3.8) is 0 Å². The number of amides is 1. The third-order valence-electron chi connectivity index (χ3n) is 5.57. The first-order chi connectivity index (χ1) is 14.1. The summed E-state index contributed by atoms with van der Waals surface area (Å²) in [6.45, 7) is -0.0728. The highest BCUT2D eigenvalue weighted by atomic mass is 32.2. The molecule has 1 unspecified atom stereocenters. The van der Waals surface area contributed by atoms with Crippen LogP contribution in [0.25, 0.3) is 0 Å². The first-order valence-corrected chi connectivity index (χ1v) is 13.0. The number of alkyl halides is 3. The molecule has 0 radical (unpaired) electrons. The molecule has 2 aliphatic rings. The molecule has 1 saturated carbocycles. The molecule has 0 spiro atoms. The lowest BCUT2D eigenvalue weighted by Crippen LogP contribution is -2.50. The van der Waals surface area contributed by atoms with E-state index < -0.39 is 21.8 Å². The van der Waals surface area contributed by atoms with E-state index in [1.54, 1.807) is 29.2 Å². The molecule has 1 aromatic carbocycles. The maximum absolute atomic E-state index is 13.1. The number of carbonyl (C=O) groups excluding carboxylic acids is 1. The maximum atomic E-state index is 13.1. The van der Waals surface area contributed by atoms with Crippen LogP contribution in [0.5, 0.6) is 0 Å². The lowest BCUT2D eigenvalue weighted by atomic mass is 9.93. The van der Waals surface area contributed by atoms with Gasteiger partial charge in [-0.3, -0.25) is 4.79 Å². The van der Waals surface area contributed by atoms with Crippen LogP contribution in [0.2, 0.25) is 0 Å². The van der Waals surface area contributed by atoms with E-state index in [1.165, 1.54) is 0 Å². The fraction of sp³-hybridized carbons (Fsp3) is 0.650. The van der Waals surface area contributed by atoms with E-state index in [-0.39, 0.29) is 36.0 Å². The molecule has 168 valence electrons. The van der Waals surface area contributed by atoms with E-state index in [4.69, 9.17) is 0 Å². The third kappa shape index (κ3) is 6.54. The number of thioether (sulfide) groups is 1. The summed E-state index contributed by atoms with van der Waals surface area (Å²) in [5.74, 6) is -1.11. The number of nitrogens with one attached hydrogen (secondary N) is 1. The summed E-state index contributed by atoms with van der Waals surface area (Å²) >= 11 is 0.675. The fourth-order valence-electron chi connectivity index (χ4n) is 4.22. The van der Waals surface area contributed by atoms with Crippen molar-refractivity contribution < 1.29 is 26.4 Å². The quantitative estimate of drug-likeness (QED) is 0.616. The predicted molar refractivity (Wildman–Crippen MR) is 112 cm³/mol. The summed E-state index contributed by atoms with van der Waals surface area (Å²) in [6, 6.07) is 6.31. The molecule has 2 fully saturated rings. The Morgan fingerprint density at radius 3 is 2.43 bits per heavy atom. The first kappa shape index (κ1) is 23.2. The van der Waals surface area contributed by atoms with Gasteiger partial charge in [-0.15, -0.1) is 11.8 Å². The average molecular weight is 465 g/mol. The molecule has 3 rings (SSSR count). The standard InChI is InChI=1S/C20H27F3N2O3S2/c21-20(22,23)14-29-18-9-5-4-8-17(18)24-12-19(26)25(15-6-2-1-3-7-15)16-10-11-30(27,28)13-16/h4-5,8-9,15-16,24H,1-3,6-7,10-14H2. The molecular formula is C20H27F3N2O3S2. The second-order valence-corrected chi connectivity index (χ2v) is 11.1. The second-order valence-electron chi connectivity index (χ2n) is 7.90. The van der Waals surface area contributed by atoms with E-state index in [0.717, 1.165) is 32.1 Å². The molecular weight excluding hydrogens is 437 g/mol. The number of sulfone groups is 1. The van der Waals surface area contributed by atoms with Gasteiger partial charge in [0.05, 0.1) is 23.8 Å². The van der Waals surface area contributed by atoms with Gasteiger partial charge in [0.1, 0.15) is 0 Å². The van der Waals surface area contributed by atoms with Crippen molar-refractivity contribution in [3.8, 4) is 0 Å². The number of benzene rings is 1. The molecule has 30 heavy (non-hydrogen) atoms. The fourth-order valence-corrected chi connectivity index (χ4v) is 6.72. The lowest BCUT2D eigenvalue weighted by molar-refractivity contribution is -0.134. The van der Waals surface area contributed by atoms with Crippen molar-refractivity contribution in [3.05, 3.63) is 24.3 Å². The number of hydrogen-bond acceptors (Lipinski definition) is 5. The van der Waals surface area contributed by atoms with Crippen molar-refractivity contribution in [2.75, 3.05) is 29.1 Å². The van der Waals surface area contributed by atoms with E-state index >= 15 is 0 Å². The van der Waals surface area contributed by atoms with Gasteiger partial charge in [-0.25, -0.2) is 8.42 Å². The molecule has 1 heterocycles. The van der Waals surface area contributed by atoms with Crippen LogP contribution >= 0.6 is 11.8 Å². The number of para-hydroxylation sites is 1. The number of halogens is 3. The molecule has 1 aliphatic heterocycles. The highest BCUT2D eigenvalue weighted by Gasteiger charge is 2.38. The van der Waals surface area contributed by atoms with Crippen molar-refractivity contribution in [1.29, 1.82) is 0 Å². The van der Waals surface area contributed by atoms with Crippen molar-refractivity contribution >= 4 is 33.2 Å². The number of carbonyl (C=O) groups is 1. The Labute approximate surface area is 179 Å². The summed E-state index contributed by atoms with van der Waals surface area (Å²) in [6.07, 6.45) is 1.03. The first-order valence-electron chi connectivity index (χ1n) is 10.2. The maximum Gasteiger partial charge on any atom is 0.398 e. The van der Waals surface area contributed by atoms with Gasteiger partial charge in [0.15, 0.2) is 9.84 Å². The van der Waals surface area contributed by atoms with Crippen molar-refractivity contribution in [2.24, 2.45) is 0 Å². The Morgan fingerprint density at radius 1 is 1.10 bits per heavy atom. The van der Waals surface area contributed by atoms with Crippen LogP contribution in [0.1, 0.15) is 38.5 Å². The molecule has 1 amide bonds. The summed E-state index contributed by atoms with van der Waals surface area (Å²) in [5, 5.41) is 2.98. The average Bonchev–Trinajstić information content (AvgIpc) is 3.05. The summed E-state index contributed by atoms with van der Waals surface area (Å²) in [4.78, 5) is 15.3. The summed E-state index contributed by atoms with van der Waals surface area (Å²) < 4.78 is 61.7. The van der Waals surface area contributed by atoms with Crippen LogP contribution < -0.4 is 5.32 Å². The molecule has 5 nitrogen and oxygen atoms in total. The van der Waals surface area contributed by atoms with E-state index in [0.29, 0.717) is 28.8 Å². The predicted octanol–water partition coefficient (Wildman–Crippen LogP) is 4.10. The van der Waals surface area contributed by atoms with Crippen LogP contribution in [0.3, 0.4) is 0 Å². The normalized spacial score (nSPS) is 22.0. The SMILES string of the molecule is O=C(CNc1ccccc1SCC(F)(F)F)N(C1CCCCC1)C1CCS(=O)(=O)C1. The minimum absolute atomic E-state index is 0.00669. The van der Waals surface area contributed by atoms with E-state index in [9.17, 15) is 26.4 Å². The molecule has 1 atom stereocenters. The molecule has 1 aromatic rings. The van der Waals surface area contributed by atoms with Crippen LogP contribution in [0.15, 0.2) is 29.2 Å². The lowest BCUT2D eigenvalue weighted by Gasteiger charge is -2.38. The Hall–Kier alpha value is -1.42. The molecule has 1 saturated heterocycles. The Balaban J connectivity index is 1.69. The molecule has 1 aliphatic carbocycles. The molecule has 0 aromatic heterocycles. The van der Waals surface area contributed by atoms with Crippen LogP contribution in [-0.4, -0.2) is 61.3 Å². The third-order valence-corrected chi connectivity index (χ3v) is 8.46. The Bertz CT molecular complexity index is 840. The van der Waals surface area contributed by atoms with Gasteiger partial charge in [-0.1, -0.05) is 31.4 Å². The number of anilines is 1. The zero-order valence-corrected chi connectivity index (χ0v) is 18.3. The number of hydrogen-bond donors (Lipinski definition) is 1. The molecule has 1 N–H and O–H groups in total. The van der Waals surface area contributed by atoms with E-state index in [2.05, 4.69) is 5.32 Å². The van der Waals surface area contributed by atoms with E-state index in [1.807, 2.05) is 0 Å². The Kier molecular flexibility index (Phi) is 7.60. The summed E-state index contributed by atoms with van der Waals surface area (Å²) in [5.41, 5.74) is 0.475. The van der Waals surface area contributed by atoms with Crippen LogP contribution in [-0.2, 0) is 14.6 Å². The zero-order valence-electron chi connectivity index (χ0n) is 16.7. The van der Waals surface area contributed by atoms with Gasteiger partial charge in [0, 0.05) is 22.7 Å². The van der Waals surface area contributed by atoms with Gasteiger partial charge in [0.25, 0.3) is 0 Å². The molecule has 10 heteroatoms. The highest BCUT2D eigenvalue weighted by molar-refractivity contribution is 7.99. The zero-order chi connectivity index (χ0) is 21.8. The monoisotopic (exact) mass is 464 g/mol. The number of rotatable bonds is 7. The van der Waals surface area contributed by atoms with Crippen LogP contribution in [0, 0.1) is 0 Å². The smallest absolute Gasteiger partial charge is 0.375 e. The summed E-state index contributed by atoms with van der Waals surface area (Å²) in [7, 11) is -3.13. The van der Waals surface area contributed by atoms with Gasteiger partial charge in [-0.05, 0) is 31.4 Å². The highest BCUT2D eigenvalue weighted by Crippen LogP contribution is 2.32. The van der Waals surface area contributed by atoms with Crippen LogP contribution in [0.4, 0.5) is 18.9 Å². The second kappa shape index (κ2) is 9.80. The molecule has 0 bridgehead atoms. The van der Waals surface area contributed by atoms with Crippen molar-refractivity contribution in [1.82, 2.24) is 4.90 Å². The Morgan fingerprint density at radius 2 is 1.80 bits per heavy atom. The minimum atomic E-state index is -4.28. The van der Waals surface area contributed by atoms with Gasteiger partial charge in [-0.2, -0.15) is 13.2 Å². The van der Waals surface area contributed by atoms with Gasteiger partial charge < -0.3 is 10.2 Å². The van der Waals surface area contributed by atoms with Crippen molar-refractivity contribution in [2.45, 2.75) is 61.7 Å². The van der Waals surface area contributed by atoms with Gasteiger partial charge in [0.2, 0.25) is 5.91 Å². The largest absolute Gasteiger partial charge is 0.398 e. The topological polar surface area (TPSA) is 66.5 Å². The number of nitrogens with zero attached hydrogens (tertiary/aromatic N) is 1.